The van der Waals surface area contributed by atoms with Crippen LogP contribution < -0.4 is 10.6 Å². The SMILES string of the molecule is CN(C)C1CCCC(NC(=O)NCC(O)c2ccccc2F)C1. The summed E-state index contributed by atoms with van der Waals surface area (Å²) < 4.78 is 13.6. The first-order chi connectivity index (χ1) is 11.0. The van der Waals surface area contributed by atoms with Crippen LogP contribution in [0.4, 0.5) is 9.18 Å². The normalized spacial score (nSPS) is 22.7. The van der Waals surface area contributed by atoms with Crippen molar-refractivity contribution in [3.05, 3.63) is 35.6 Å². The quantitative estimate of drug-likeness (QED) is 0.777. The number of amides is 2. The van der Waals surface area contributed by atoms with E-state index in [2.05, 4.69) is 29.6 Å². The van der Waals surface area contributed by atoms with Gasteiger partial charge in [-0.3, -0.25) is 0 Å². The van der Waals surface area contributed by atoms with Gasteiger partial charge in [0.2, 0.25) is 0 Å². The molecule has 0 heterocycles. The van der Waals surface area contributed by atoms with Crippen LogP contribution >= 0.6 is 0 Å². The van der Waals surface area contributed by atoms with Gasteiger partial charge in [0.1, 0.15) is 5.82 Å². The maximum Gasteiger partial charge on any atom is 0.315 e. The van der Waals surface area contributed by atoms with Crippen LogP contribution in [-0.4, -0.2) is 48.8 Å². The highest BCUT2D eigenvalue weighted by atomic mass is 19.1. The molecule has 1 saturated carbocycles. The van der Waals surface area contributed by atoms with Crippen molar-refractivity contribution in [1.82, 2.24) is 15.5 Å². The number of aliphatic hydroxyl groups is 1. The Kier molecular flexibility index (Phi) is 6.36. The first-order valence-corrected chi connectivity index (χ1v) is 8.10. The standard InChI is InChI=1S/C17H26FN3O2/c1-21(2)13-7-5-6-12(10-13)20-17(23)19-11-16(22)14-8-3-4-9-15(14)18/h3-4,8-9,12-13,16,22H,5-7,10-11H2,1-2H3,(H2,19,20,23). The van der Waals surface area contributed by atoms with Crippen molar-refractivity contribution >= 4 is 6.03 Å². The Morgan fingerprint density at radius 3 is 2.83 bits per heavy atom. The summed E-state index contributed by atoms with van der Waals surface area (Å²) in [5, 5.41) is 15.5. The van der Waals surface area contributed by atoms with Gasteiger partial charge in [0, 0.05) is 24.2 Å². The molecule has 0 bridgehead atoms. The van der Waals surface area contributed by atoms with Gasteiger partial charge < -0.3 is 20.6 Å². The predicted molar refractivity (Wildman–Crippen MR) is 87.6 cm³/mol. The van der Waals surface area contributed by atoms with E-state index in [-0.39, 0.29) is 24.2 Å². The Balaban J connectivity index is 1.78. The fraction of sp³-hybridized carbons (Fsp3) is 0.588. The number of nitrogens with zero attached hydrogens (tertiary/aromatic N) is 1. The molecule has 0 aromatic heterocycles. The van der Waals surface area contributed by atoms with Gasteiger partial charge in [-0.2, -0.15) is 0 Å². The lowest BCUT2D eigenvalue weighted by Gasteiger charge is -2.33. The third kappa shape index (κ3) is 5.18. The second kappa shape index (κ2) is 8.26. The highest BCUT2D eigenvalue weighted by molar-refractivity contribution is 5.74. The van der Waals surface area contributed by atoms with E-state index in [4.69, 9.17) is 0 Å². The summed E-state index contributed by atoms with van der Waals surface area (Å²) >= 11 is 0. The number of aliphatic hydroxyl groups excluding tert-OH is 1. The minimum atomic E-state index is -1.05. The maximum absolute atomic E-state index is 13.6. The van der Waals surface area contributed by atoms with Crippen LogP contribution in [0, 0.1) is 5.82 Å². The largest absolute Gasteiger partial charge is 0.386 e. The molecule has 1 aliphatic rings. The third-order valence-corrected chi connectivity index (χ3v) is 4.43. The molecule has 128 valence electrons. The molecule has 3 atom stereocenters. The monoisotopic (exact) mass is 323 g/mol. The second-order valence-electron chi connectivity index (χ2n) is 6.37. The Morgan fingerprint density at radius 1 is 1.39 bits per heavy atom. The molecule has 0 radical (unpaired) electrons. The van der Waals surface area contributed by atoms with E-state index in [0.29, 0.717) is 6.04 Å². The molecule has 0 spiro atoms. The van der Waals surface area contributed by atoms with Crippen molar-refractivity contribution in [3.8, 4) is 0 Å². The smallest absolute Gasteiger partial charge is 0.315 e. The van der Waals surface area contributed by atoms with Gasteiger partial charge in [0.05, 0.1) is 6.10 Å². The minimum Gasteiger partial charge on any atom is -0.386 e. The number of carbonyl (C=O) groups is 1. The number of hydrogen-bond donors (Lipinski definition) is 3. The highest BCUT2D eigenvalue weighted by Gasteiger charge is 2.24. The van der Waals surface area contributed by atoms with Crippen LogP contribution in [0.25, 0.3) is 0 Å². The van der Waals surface area contributed by atoms with Gasteiger partial charge >= 0.3 is 6.03 Å². The van der Waals surface area contributed by atoms with E-state index in [1.165, 1.54) is 12.1 Å². The topological polar surface area (TPSA) is 64.6 Å². The summed E-state index contributed by atoms with van der Waals surface area (Å²) in [4.78, 5) is 14.2. The van der Waals surface area contributed by atoms with E-state index in [9.17, 15) is 14.3 Å². The number of hydrogen-bond acceptors (Lipinski definition) is 3. The Hall–Kier alpha value is -1.66. The van der Waals surface area contributed by atoms with Gasteiger partial charge in [-0.05, 0) is 45.8 Å². The summed E-state index contributed by atoms with van der Waals surface area (Å²) in [6, 6.07) is 6.34. The molecule has 1 aliphatic carbocycles. The number of urea groups is 1. The molecular weight excluding hydrogens is 297 g/mol. The summed E-state index contributed by atoms with van der Waals surface area (Å²) in [6.07, 6.45) is 3.08. The average molecular weight is 323 g/mol. The molecule has 1 fully saturated rings. The van der Waals surface area contributed by atoms with E-state index < -0.39 is 11.9 Å². The summed E-state index contributed by atoms with van der Waals surface area (Å²) in [5.41, 5.74) is 0.193. The van der Waals surface area contributed by atoms with E-state index in [1.807, 2.05) is 0 Å². The van der Waals surface area contributed by atoms with Crippen LogP contribution in [0.2, 0.25) is 0 Å². The number of halogens is 1. The average Bonchev–Trinajstić information content (AvgIpc) is 2.53. The van der Waals surface area contributed by atoms with Crippen LogP contribution in [0.3, 0.4) is 0 Å². The Morgan fingerprint density at radius 2 is 2.13 bits per heavy atom. The lowest BCUT2D eigenvalue weighted by atomic mass is 9.90. The number of nitrogens with one attached hydrogen (secondary N) is 2. The van der Waals surface area contributed by atoms with Crippen molar-refractivity contribution < 1.29 is 14.3 Å². The molecule has 6 heteroatoms. The molecule has 23 heavy (non-hydrogen) atoms. The van der Waals surface area contributed by atoms with Crippen LogP contribution in [-0.2, 0) is 0 Å². The second-order valence-corrected chi connectivity index (χ2v) is 6.37. The van der Waals surface area contributed by atoms with Crippen molar-refractivity contribution in [1.29, 1.82) is 0 Å². The van der Waals surface area contributed by atoms with Crippen LogP contribution in [0.5, 0.6) is 0 Å². The van der Waals surface area contributed by atoms with E-state index in [0.717, 1.165) is 25.7 Å². The van der Waals surface area contributed by atoms with Gasteiger partial charge in [0.25, 0.3) is 0 Å². The van der Waals surface area contributed by atoms with Gasteiger partial charge in [-0.15, -0.1) is 0 Å². The number of carbonyl (C=O) groups excluding carboxylic acids is 1. The highest BCUT2D eigenvalue weighted by Crippen LogP contribution is 2.21. The molecule has 3 N–H and O–H groups in total. The molecule has 1 aromatic carbocycles. The van der Waals surface area contributed by atoms with Crippen molar-refractivity contribution in [3.63, 3.8) is 0 Å². The molecule has 1 aromatic rings. The summed E-state index contributed by atoms with van der Waals surface area (Å²) in [5.74, 6) is -0.469. The maximum atomic E-state index is 13.6. The van der Waals surface area contributed by atoms with Crippen molar-refractivity contribution in [2.45, 2.75) is 43.9 Å². The zero-order valence-electron chi connectivity index (χ0n) is 13.8. The third-order valence-electron chi connectivity index (χ3n) is 4.43. The van der Waals surface area contributed by atoms with Crippen LogP contribution in [0.1, 0.15) is 37.4 Å². The molecule has 0 aliphatic heterocycles. The van der Waals surface area contributed by atoms with Gasteiger partial charge in [-0.25, -0.2) is 9.18 Å². The number of benzene rings is 1. The Labute approximate surface area is 136 Å². The van der Waals surface area contributed by atoms with Gasteiger partial charge in [0.15, 0.2) is 0 Å². The van der Waals surface area contributed by atoms with Gasteiger partial charge in [-0.1, -0.05) is 18.2 Å². The van der Waals surface area contributed by atoms with Crippen molar-refractivity contribution in [2.75, 3.05) is 20.6 Å². The molecular formula is C17H26FN3O2. The molecule has 2 rings (SSSR count). The zero-order chi connectivity index (χ0) is 16.8. The predicted octanol–water partition coefficient (Wildman–Crippen LogP) is 2.03. The fourth-order valence-electron chi connectivity index (χ4n) is 3.05. The fourth-order valence-corrected chi connectivity index (χ4v) is 3.05. The first-order valence-electron chi connectivity index (χ1n) is 8.10. The minimum absolute atomic E-state index is 0.0173. The van der Waals surface area contributed by atoms with E-state index >= 15 is 0 Å². The molecule has 5 nitrogen and oxygen atoms in total. The zero-order valence-corrected chi connectivity index (χ0v) is 13.8. The molecule has 0 saturated heterocycles. The summed E-state index contributed by atoms with van der Waals surface area (Å²) in [7, 11) is 4.11. The van der Waals surface area contributed by atoms with Crippen LogP contribution in [0.15, 0.2) is 24.3 Å². The Bertz CT molecular complexity index is 524. The molecule has 3 unspecified atom stereocenters. The summed E-state index contributed by atoms with van der Waals surface area (Å²) in [6.45, 7) is -0.0173. The van der Waals surface area contributed by atoms with Crippen molar-refractivity contribution in [2.24, 2.45) is 0 Å². The lowest BCUT2D eigenvalue weighted by molar-refractivity contribution is 0.165. The lowest BCUT2D eigenvalue weighted by Crippen LogP contribution is -2.47. The first kappa shape index (κ1) is 17.7. The molecule has 2 amide bonds. The van der Waals surface area contributed by atoms with E-state index in [1.54, 1.807) is 12.1 Å². The number of rotatable bonds is 5.